The molecule has 0 bridgehead atoms. The summed E-state index contributed by atoms with van der Waals surface area (Å²) in [4.78, 5) is 2.35. The molecule has 0 N–H and O–H groups in total. The Morgan fingerprint density at radius 1 is 1.15 bits per heavy atom. The first kappa shape index (κ1) is 12.7. The Morgan fingerprint density at radius 3 is 2.70 bits per heavy atom. The predicted molar refractivity (Wildman–Crippen MR) is 81.9 cm³/mol. The summed E-state index contributed by atoms with van der Waals surface area (Å²) in [5, 5.41) is 9.28. The molecule has 1 aliphatic heterocycles. The zero-order valence-corrected chi connectivity index (χ0v) is 11.7. The number of benzene rings is 2. The second kappa shape index (κ2) is 5.38. The molecule has 100 valence electrons. The molecule has 1 fully saturated rings. The standard InChI is InChI=1S/C18H18N2/c1-14-7-8-16(12-19)18(11-14)20-10-9-17(13-20)15-5-3-2-4-6-15/h2-8,11,17H,9-10,13H2,1H3. The first-order valence-electron chi connectivity index (χ1n) is 7.08. The van der Waals surface area contributed by atoms with Crippen molar-refractivity contribution in [3.05, 3.63) is 65.2 Å². The summed E-state index contributed by atoms with van der Waals surface area (Å²) in [5.41, 5.74) is 4.48. The SMILES string of the molecule is Cc1ccc(C#N)c(N2CCC(c3ccccc3)C2)c1. The fraction of sp³-hybridized carbons (Fsp3) is 0.278. The Kier molecular flexibility index (Phi) is 3.43. The van der Waals surface area contributed by atoms with Crippen LogP contribution in [0.15, 0.2) is 48.5 Å². The van der Waals surface area contributed by atoms with Gasteiger partial charge in [0, 0.05) is 19.0 Å². The third kappa shape index (κ3) is 2.40. The maximum Gasteiger partial charge on any atom is 0.101 e. The highest BCUT2D eigenvalue weighted by molar-refractivity contribution is 5.61. The van der Waals surface area contributed by atoms with Gasteiger partial charge in [-0.3, -0.25) is 0 Å². The molecule has 1 aliphatic rings. The minimum atomic E-state index is 0.572. The van der Waals surface area contributed by atoms with Gasteiger partial charge < -0.3 is 4.90 Å². The van der Waals surface area contributed by atoms with Crippen LogP contribution in [0.1, 0.15) is 29.0 Å². The molecule has 0 aliphatic carbocycles. The van der Waals surface area contributed by atoms with Gasteiger partial charge in [0.25, 0.3) is 0 Å². The Labute approximate surface area is 120 Å². The van der Waals surface area contributed by atoms with Crippen LogP contribution >= 0.6 is 0 Å². The van der Waals surface area contributed by atoms with E-state index in [2.05, 4.69) is 54.3 Å². The molecule has 0 amide bonds. The number of anilines is 1. The monoisotopic (exact) mass is 262 g/mol. The summed E-state index contributed by atoms with van der Waals surface area (Å²) in [5.74, 6) is 0.572. The molecule has 3 rings (SSSR count). The van der Waals surface area contributed by atoms with E-state index in [1.807, 2.05) is 12.1 Å². The topological polar surface area (TPSA) is 27.0 Å². The van der Waals surface area contributed by atoms with E-state index in [0.29, 0.717) is 5.92 Å². The van der Waals surface area contributed by atoms with Gasteiger partial charge in [-0.25, -0.2) is 0 Å². The van der Waals surface area contributed by atoms with Gasteiger partial charge in [0.2, 0.25) is 0 Å². The lowest BCUT2D eigenvalue weighted by Crippen LogP contribution is -2.20. The second-order valence-corrected chi connectivity index (χ2v) is 5.47. The number of hydrogen-bond donors (Lipinski definition) is 0. The fourth-order valence-electron chi connectivity index (χ4n) is 2.97. The molecule has 1 unspecified atom stereocenters. The number of nitrogens with zero attached hydrogens (tertiary/aromatic N) is 2. The molecule has 1 saturated heterocycles. The van der Waals surface area contributed by atoms with Gasteiger partial charge in [0.05, 0.1) is 11.3 Å². The van der Waals surface area contributed by atoms with Crippen LogP contribution in [0.3, 0.4) is 0 Å². The van der Waals surface area contributed by atoms with E-state index in [9.17, 15) is 5.26 Å². The minimum absolute atomic E-state index is 0.572. The van der Waals surface area contributed by atoms with E-state index in [4.69, 9.17) is 0 Å². The minimum Gasteiger partial charge on any atom is -0.370 e. The molecular formula is C18H18N2. The summed E-state index contributed by atoms with van der Waals surface area (Å²) in [7, 11) is 0. The highest BCUT2D eigenvalue weighted by Crippen LogP contribution is 2.32. The van der Waals surface area contributed by atoms with Crippen molar-refractivity contribution < 1.29 is 0 Å². The Balaban J connectivity index is 1.84. The molecule has 2 aromatic rings. The van der Waals surface area contributed by atoms with Gasteiger partial charge in [0.1, 0.15) is 6.07 Å². The van der Waals surface area contributed by atoms with Crippen LogP contribution in [0.5, 0.6) is 0 Å². The largest absolute Gasteiger partial charge is 0.370 e. The van der Waals surface area contributed by atoms with E-state index in [1.165, 1.54) is 11.1 Å². The third-order valence-electron chi connectivity index (χ3n) is 4.07. The lowest BCUT2D eigenvalue weighted by atomic mass is 9.99. The molecular weight excluding hydrogens is 244 g/mol. The maximum absolute atomic E-state index is 9.28. The highest BCUT2D eigenvalue weighted by atomic mass is 15.2. The molecule has 0 saturated carbocycles. The van der Waals surface area contributed by atoms with Crippen molar-refractivity contribution >= 4 is 5.69 Å². The van der Waals surface area contributed by atoms with Gasteiger partial charge in [0.15, 0.2) is 0 Å². The Bertz CT molecular complexity index is 640. The van der Waals surface area contributed by atoms with Crippen LogP contribution in [0.4, 0.5) is 5.69 Å². The number of aryl methyl sites for hydroxylation is 1. The van der Waals surface area contributed by atoms with E-state index in [-0.39, 0.29) is 0 Å². The molecule has 20 heavy (non-hydrogen) atoms. The van der Waals surface area contributed by atoms with Crippen LogP contribution in [0, 0.1) is 18.3 Å². The van der Waals surface area contributed by atoms with E-state index >= 15 is 0 Å². The lowest BCUT2D eigenvalue weighted by Gasteiger charge is -2.20. The van der Waals surface area contributed by atoms with Crippen LogP contribution in [0.25, 0.3) is 0 Å². The normalized spacial score (nSPS) is 18.0. The van der Waals surface area contributed by atoms with Crippen molar-refractivity contribution in [1.29, 1.82) is 5.26 Å². The van der Waals surface area contributed by atoms with Gasteiger partial charge in [-0.15, -0.1) is 0 Å². The van der Waals surface area contributed by atoms with Crippen molar-refractivity contribution in [1.82, 2.24) is 0 Å². The van der Waals surface area contributed by atoms with E-state index in [1.54, 1.807) is 0 Å². The number of nitriles is 1. The first-order valence-corrected chi connectivity index (χ1v) is 7.08. The number of rotatable bonds is 2. The predicted octanol–water partition coefficient (Wildman–Crippen LogP) is 3.86. The summed E-state index contributed by atoms with van der Waals surface area (Å²) in [6.07, 6.45) is 1.16. The molecule has 0 spiro atoms. The van der Waals surface area contributed by atoms with Crippen LogP contribution in [0.2, 0.25) is 0 Å². The molecule has 1 atom stereocenters. The fourth-order valence-corrected chi connectivity index (χ4v) is 2.97. The third-order valence-corrected chi connectivity index (χ3v) is 4.07. The quantitative estimate of drug-likeness (QED) is 0.821. The van der Waals surface area contributed by atoms with Crippen molar-refractivity contribution in [3.63, 3.8) is 0 Å². The summed E-state index contributed by atoms with van der Waals surface area (Å²) in [6, 6.07) is 19.1. The van der Waals surface area contributed by atoms with Gasteiger partial charge in [-0.1, -0.05) is 36.4 Å². The highest BCUT2D eigenvalue weighted by Gasteiger charge is 2.25. The zero-order valence-electron chi connectivity index (χ0n) is 11.7. The molecule has 2 heteroatoms. The van der Waals surface area contributed by atoms with Gasteiger partial charge in [-0.05, 0) is 36.6 Å². The molecule has 0 radical (unpaired) electrons. The molecule has 0 aromatic heterocycles. The van der Waals surface area contributed by atoms with Crippen molar-refractivity contribution in [2.24, 2.45) is 0 Å². The number of hydrogen-bond acceptors (Lipinski definition) is 2. The van der Waals surface area contributed by atoms with Crippen LogP contribution < -0.4 is 4.90 Å². The second-order valence-electron chi connectivity index (χ2n) is 5.47. The van der Waals surface area contributed by atoms with Crippen LogP contribution in [-0.2, 0) is 0 Å². The van der Waals surface area contributed by atoms with Crippen LogP contribution in [-0.4, -0.2) is 13.1 Å². The summed E-state index contributed by atoms with van der Waals surface area (Å²) >= 11 is 0. The Morgan fingerprint density at radius 2 is 1.95 bits per heavy atom. The van der Waals surface area contributed by atoms with Gasteiger partial charge >= 0.3 is 0 Å². The lowest BCUT2D eigenvalue weighted by molar-refractivity contribution is 0.775. The van der Waals surface area contributed by atoms with Crippen molar-refractivity contribution in [2.45, 2.75) is 19.3 Å². The molecule has 2 nitrogen and oxygen atoms in total. The average Bonchev–Trinajstić information content (AvgIpc) is 2.98. The van der Waals surface area contributed by atoms with Gasteiger partial charge in [-0.2, -0.15) is 5.26 Å². The zero-order chi connectivity index (χ0) is 13.9. The van der Waals surface area contributed by atoms with E-state index < -0.39 is 0 Å². The van der Waals surface area contributed by atoms with Crippen molar-refractivity contribution in [2.75, 3.05) is 18.0 Å². The molecule has 1 heterocycles. The Hall–Kier alpha value is -2.27. The average molecular weight is 262 g/mol. The van der Waals surface area contributed by atoms with E-state index in [0.717, 1.165) is 30.8 Å². The molecule has 2 aromatic carbocycles. The maximum atomic E-state index is 9.28. The summed E-state index contributed by atoms with van der Waals surface area (Å²) < 4.78 is 0. The smallest absolute Gasteiger partial charge is 0.101 e. The summed E-state index contributed by atoms with van der Waals surface area (Å²) in [6.45, 7) is 4.11. The first-order chi connectivity index (χ1) is 9.78. The van der Waals surface area contributed by atoms with Crippen molar-refractivity contribution in [3.8, 4) is 6.07 Å².